The van der Waals surface area contributed by atoms with Crippen LogP contribution in [0.5, 0.6) is 0 Å². The Hall–Kier alpha value is -2.07. The maximum absolute atomic E-state index is 13.0. The lowest BCUT2D eigenvalue weighted by Gasteiger charge is -2.17. The number of ether oxygens (including phenoxy) is 1. The van der Waals surface area contributed by atoms with E-state index in [0.717, 1.165) is 13.2 Å². The molecule has 4 nitrogen and oxygen atoms in total. The highest BCUT2D eigenvalue weighted by Gasteiger charge is 2.37. The predicted octanol–water partition coefficient (Wildman–Crippen LogP) is 1.75. The standard InChI is InChI=1S/C12H11F3N2O2/c1-19-10(18)4-9-7(5-16)2-3-8(6-17)11(9)12(13,14)15/h2-3H,4,6,17H2,1H3. The van der Waals surface area contributed by atoms with Crippen LogP contribution in [0.1, 0.15) is 22.3 Å². The lowest BCUT2D eigenvalue weighted by Crippen LogP contribution is -2.19. The average Bonchev–Trinajstić information content (AvgIpc) is 2.36. The molecule has 0 fully saturated rings. The molecule has 0 spiro atoms. The Balaban J connectivity index is 3.54. The molecular weight excluding hydrogens is 261 g/mol. The largest absolute Gasteiger partial charge is 0.469 e. The minimum atomic E-state index is -4.69. The number of nitriles is 1. The number of carbonyl (C=O) groups excluding carboxylic acids is 1. The van der Waals surface area contributed by atoms with Crippen LogP contribution in [0.3, 0.4) is 0 Å². The smallest absolute Gasteiger partial charge is 0.417 e. The Morgan fingerprint density at radius 3 is 2.53 bits per heavy atom. The van der Waals surface area contributed by atoms with Crippen molar-refractivity contribution in [2.75, 3.05) is 7.11 Å². The van der Waals surface area contributed by atoms with Gasteiger partial charge in [-0.15, -0.1) is 0 Å². The molecule has 0 amide bonds. The number of hydrogen-bond acceptors (Lipinski definition) is 4. The topological polar surface area (TPSA) is 76.1 Å². The molecule has 7 heteroatoms. The van der Waals surface area contributed by atoms with Crippen LogP contribution >= 0.6 is 0 Å². The first-order valence-electron chi connectivity index (χ1n) is 5.24. The summed E-state index contributed by atoms with van der Waals surface area (Å²) in [5.41, 5.74) is 3.47. The zero-order chi connectivity index (χ0) is 14.6. The van der Waals surface area contributed by atoms with Crippen LogP contribution in [0.4, 0.5) is 13.2 Å². The molecule has 0 radical (unpaired) electrons. The van der Waals surface area contributed by atoms with Crippen molar-refractivity contribution in [2.24, 2.45) is 5.73 Å². The monoisotopic (exact) mass is 272 g/mol. The summed E-state index contributed by atoms with van der Waals surface area (Å²) < 4.78 is 43.5. The second-order valence-corrected chi connectivity index (χ2v) is 3.69. The minimum Gasteiger partial charge on any atom is -0.469 e. The predicted molar refractivity (Wildman–Crippen MR) is 59.8 cm³/mol. The molecule has 0 atom stereocenters. The summed E-state index contributed by atoms with van der Waals surface area (Å²) in [5, 5.41) is 8.86. The number of halogens is 3. The fourth-order valence-electron chi connectivity index (χ4n) is 1.72. The van der Waals surface area contributed by atoms with Crippen LogP contribution in [-0.4, -0.2) is 13.1 Å². The van der Waals surface area contributed by atoms with Crippen LogP contribution in [0, 0.1) is 11.3 Å². The molecule has 0 aliphatic rings. The van der Waals surface area contributed by atoms with E-state index in [1.807, 2.05) is 0 Å². The zero-order valence-corrected chi connectivity index (χ0v) is 10.0. The molecule has 1 aromatic rings. The van der Waals surface area contributed by atoms with Gasteiger partial charge in [-0.3, -0.25) is 4.79 Å². The number of nitrogens with two attached hydrogens (primary N) is 1. The van der Waals surface area contributed by atoms with Gasteiger partial charge in [-0.1, -0.05) is 6.07 Å². The summed E-state index contributed by atoms with van der Waals surface area (Å²) in [5.74, 6) is -0.851. The highest BCUT2D eigenvalue weighted by molar-refractivity contribution is 5.74. The molecule has 19 heavy (non-hydrogen) atoms. The molecule has 0 saturated carbocycles. The van der Waals surface area contributed by atoms with E-state index in [2.05, 4.69) is 4.74 Å². The number of esters is 1. The lowest BCUT2D eigenvalue weighted by molar-refractivity contribution is -0.141. The van der Waals surface area contributed by atoms with Gasteiger partial charge in [-0.25, -0.2) is 0 Å². The van der Waals surface area contributed by atoms with Crippen LogP contribution in [0.2, 0.25) is 0 Å². The molecule has 0 aromatic heterocycles. The van der Waals surface area contributed by atoms with E-state index >= 15 is 0 Å². The van der Waals surface area contributed by atoms with Gasteiger partial charge in [-0.2, -0.15) is 18.4 Å². The highest BCUT2D eigenvalue weighted by Crippen LogP contribution is 2.36. The van der Waals surface area contributed by atoms with Crippen molar-refractivity contribution in [3.8, 4) is 6.07 Å². The van der Waals surface area contributed by atoms with Gasteiger partial charge in [0.15, 0.2) is 0 Å². The Bertz CT molecular complexity index is 533. The number of nitrogens with zero attached hydrogens (tertiary/aromatic N) is 1. The first kappa shape index (κ1) is 15.0. The number of hydrogen-bond donors (Lipinski definition) is 1. The van der Waals surface area contributed by atoms with Gasteiger partial charge < -0.3 is 10.5 Å². The Labute approximate surface area is 107 Å². The molecule has 1 rings (SSSR count). The van der Waals surface area contributed by atoms with Crippen molar-refractivity contribution < 1.29 is 22.7 Å². The van der Waals surface area contributed by atoms with E-state index in [1.54, 1.807) is 6.07 Å². The molecule has 0 aliphatic heterocycles. The Morgan fingerprint density at radius 1 is 1.47 bits per heavy atom. The van der Waals surface area contributed by atoms with Crippen molar-refractivity contribution in [2.45, 2.75) is 19.1 Å². The summed E-state index contributed by atoms with van der Waals surface area (Å²) in [6.07, 6.45) is -5.31. The summed E-state index contributed by atoms with van der Waals surface area (Å²) in [6, 6.07) is 4.00. The van der Waals surface area contributed by atoms with Crippen molar-refractivity contribution >= 4 is 5.97 Å². The molecule has 0 aliphatic carbocycles. The zero-order valence-electron chi connectivity index (χ0n) is 10.0. The van der Waals surface area contributed by atoms with Gasteiger partial charge in [0, 0.05) is 6.54 Å². The fraction of sp³-hybridized carbons (Fsp3) is 0.333. The molecule has 0 bridgehead atoms. The molecule has 1 aromatic carbocycles. The van der Waals surface area contributed by atoms with Crippen LogP contribution < -0.4 is 5.73 Å². The quantitative estimate of drug-likeness (QED) is 0.850. The van der Waals surface area contributed by atoms with Crippen LogP contribution in [-0.2, 0) is 28.7 Å². The summed E-state index contributed by atoms with van der Waals surface area (Å²) >= 11 is 0. The number of benzene rings is 1. The van der Waals surface area contributed by atoms with E-state index in [0.29, 0.717) is 0 Å². The molecule has 0 heterocycles. The summed E-state index contributed by atoms with van der Waals surface area (Å²) in [7, 11) is 1.06. The number of alkyl halides is 3. The van der Waals surface area contributed by atoms with E-state index < -0.39 is 29.7 Å². The second-order valence-electron chi connectivity index (χ2n) is 3.69. The van der Waals surface area contributed by atoms with Crippen molar-refractivity contribution in [3.05, 3.63) is 34.4 Å². The lowest BCUT2D eigenvalue weighted by atomic mass is 9.93. The normalized spacial score (nSPS) is 10.9. The van der Waals surface area contributed by atoms with Gasteiger partial charge in [0.2, 0.25) is 0 Å². The maximum Gasteiger partial charge on any atom is 0.417 e. The SMILES string of the molecule is COC(=O)Cc1c(C#N)ccc(CN)c1C(F)(F)F. The Kier molecular flexibility index (Phi) is 4.51. The van der Waals surface area contributed by atoms with Crippen molar-refractivity contribution in [1.82, 2.24) is 0 Å². The Morgan fingerprint density at radius 2 is 2.11 bits per heavy atom. The first-order valence-corrected chi connectivity index (χ1v) is 5.24. The van der Waals surface area contributed by atoms with Crippen LogP contribution in [0.15, 0.2) is 12.1 Å². The fourth-order valence-corrected chi connectivity index (χ4v) is 1.72. The van der Waals surface area contributed by atoms with E-state index in [9.17, 15) is 18.0 Å². The molecule has 102 valence electrons. The summed E-state index contributed by atoms with van der Waals surface area (Å²) in [6.45, 7) is -0.339. The molecular formula is C12H11F3N2O2. The molecule has 2 N–H and O–H groups in total. The second kappa shape index (κ2) is 5.71. The van der Waals surface area contributed by atoms with Gasteiger partial charge in [0.25, 0.3) is 0 Å². The van der Waals surface area contributed by atoms with Gasteiger partial charge >= 0.3 is 12.1 Å². The van der Waals surface area contributed by atoms with E-state index in [4.69, 9.17) is 11.0 Å². The minimum absolute atomic E-state index is 0.162. The van der Waals surface area contributed by atoms with Crippen molar-refractivity contribution in [1.29, 1.82) is 5.26 Å². The van der Waals surface area contributed by atoms with Crippen LogP contribution in [0.25, 0.3) is 0 Å². The third-order valence-corrected chi connectivity index (χ3v) is 2.57. The summed E-state index contributed by atoms with van der Waals surface area (Å²) in [4.78, 5) is 11.2. The average molecular weight is 272 g/mol. The number of methoxy groups -OCH3 is 1. The number of rotatable bonds is 3. The van der Waals surface area contributed by atoms with E-state index in [1.165, 1.54) is 6.07 Å². The third kappa shape index (κ3) is 3.23. The third-order valence-electron chi connectivity index (χ3n) is 2.57. The molecule has 0 saturated heterocycles. The maximum atomic E-state index is 13.0. The van der Waals surface area contributed by atoms with Gasteiger partial charge in [0.1, 0.15) is 0 Å². The highest BCUT2D eigenvalue weighted by atomic mass is 19.4. The number of carbonyl (C=O) groups is 1. The first-order chi connectivity index (χ1) is 8.85. The van der Waals surface area contributed by atoms with Gasteiger partial charge in [-0.05, 0) is 17.2 Å². The van der Waals surface area contributed by atoms with Gasteiger partial charge in [0.05, 0.1) is 30.7 Å². The van der Waals surface area contributed by atoms with Crippen molar-refractivity contribution in [3.63, 3.8) is 0 Å². The van der Waals surface area contributed by atoms with E-state index in [-0.39, 0.29) is 17.7 Å². The molecule has 0 unspecified atom stereocenters.